The molecule has 0 saturated carbocycles. The molecule has 0 radical (unpaired) electrons. The van der Waals surface area contributed by atoms with Crippen LogP contribution in [0.15, 0.2) is 0 Å². The van der Waals surface area contributed by atoms with Gasteiger partial charge in [-0.3, -0.25) is 4.79 Å². The molecule has 2 rings (SSSR count). The van der Waals surface area contributed by atoms with Crippen molar-refractivity contribution in [3.8, 4) is 0 Å². The molecule has 0 aromatic carbocycles. The van der Waals surface area contributed by atoms with Gasteiger partial charge in [0.1, 0.15) is 0 Å². The molecular formula is C13H25N3O. The molecule has 17 heavy (non-hydrogen) atoms. The van der Waals surface area contributed by atoms with Crippen LogP contribution in [-0.2, 0) is 4.79 Å². The second-order valence-electron chi connectivity index (χ2n) is 5.26. The molecule has 0 aromatic rings. The Morgan fingerprint density at radius 3 is 2.65 bits per heavy atom. The highest BCUT2D eigenvalue weighted by atomic mass is 16.1. The zero-order valence-electron chi connectivity index (χ0n) is 10.9. The van der Waals surface area contributed by atoms with Crippen molar-refractivity contribution in [3.63, 3.8) is 0 Å². The summed E-state index contributed by atoms with van der Waals surface area (Å²) in [5.41, 5.74) is 0. The Bertz CT molecular complexity index is 241. The number of hydrogen-bond acceptors (Lipinski definition) is 3. The molecule has 2 saturated heterocycles. The van der Waals surface area contributed by atoms with E-state index in [-0.39, 0.29) is 11.8 Å². The number of likely N-dealkylation sites (tertiary alicyclic amines) is 1. The summed E-state index contributed by atoms with van der Waals surface area (Å²) in [7, 11) is 1.74. The molecule has 2 heterocycles. The van der Waals surface area contributed by atoms with E-state index in [0.717, 1.165) is 38.5 Å². The van der Waals surface area contributed by atoms with Crippen LogP contribution < -0.4 is 10.6 Å². The van der Waals surface area contributed by atoms with Crippen LogP contribution in [0.3, 0.4) is 0 Å². The molecule has 2 aliphatic heterocycles. The fourth-order valence-corrected chi connectivity index (χ4v) is 3.10. The Morgan fingerprint density at radius 1 is 1.18 bits per heavy atom. The summed E-state index contributed by atoms with van der Waals surface area (Å²) >= 11 is 0. The number of carbonyl (C=O) groups excluding carboxylic acids is 1. The van der Waals surface area contributed by atoms with Gasteiger partial charge in [-0.1, -0.05) is 0 Å². The molecule has 2 fully saturated rings. The molecule has 4 heteroatoms. The maximum atomic E-state index is 11.6. The van der Waals surface area contributed by atoms with Gasteiger partial charge in [0.25, 0.3) is 0 Å². The van der Waals surface area contributed by atoms with Gasteiger partial charge >= 0.3 is 0 Å². The molecule has 0 aromatic heterocycles. The first-order chi connectivity index (χ1) is 8.31. The van der Waals surface area contributed by atoms with Gasteiger partial charge in [-0.05, 0) is 58.3 Å². The molecular weight excluding hydrogens is 214 g/mol. The molecule has 4 nitrogen and oxygen atoms in total. The van der Waals surface area contributed by atoms with Crippen molar-refractivity contribution in [1.29, 1.82) is 0 Å². The average Bonchev–Trinajstić information content (AvgIpc) is 2.67. The number of hydrogen-bond donors (Lipinski definition) is 2. The lowest BCUT2D eigenvalue weighted by Crippen LogP contribution is -2.44. The standard InChI is InChI=1S/C13H25N3O/c1-14-13(17)11-5-9-16(10-6-11)12-3-2-7-15-8-4-12/h11-12,15H,2-10H2,1H3,(H,14,17). The van der Waals surface area contributed by atoms with E-state index >= 15 is 0 Å². The van der Waals surface area contributed by atoms with E-state index in [2.05, 4.69) is 15.5 Å². The van der Waals surface area contributed by atoms with Gasteiger partial charge in [-0.25, -0.2) is 0 Å². The first kappa shape index (κ1) is 12.8. The fourth-order valence-electron chi connectivity index (χ4n) is 3.10. The van der Waals surface area contributed by atoms with Crippen molar-refractivity contribution in [2.75, 3.05) is 33.2 Å². The lowest BCUT2D eigenvalue weighted by atomic mass is 9.93. The summed E-state index contributed by atoms with van der Waals surface area (Å²) in [6.07, 6.45) is 5.94. The summed E-state index contributed by atoms with van der Waals surface area (Å²) < 4.78 is 0. The number of nitrogens with one attached hydrogen (secondary N) is 2. The highest BCUT2D eigenvalue weighted by Crippen LogP contribution is 2.22. The molecule has 2 N–H and O–H groups in total. The van der Waals surface area contributed by atoms with Gasteiger partial charge in [0, 0.05) is 19.0 Å². The third-order valence-corrected chi connectivity index (χ3v) is 4.21. The first-order valence-electron chi connectivity index (χ1n) is 6.97. The van der Waals surface area contributed by atoms with Crippen molar-refractivity contribution in [3.05, 3.63) is 0 Å². The van der Waals surface area contributed by atoms with E-state index < -0.39 is 0 Å². The topological polar surface area (TPSA) is 44.4 Å². The summed E-state index contributed by atoms with van der Waals surface area (Å²) in [5, 5.41) is 6.23. The third kappa shape index (κ3) is 3.42. The van der Waals surface area contributed by atoms with Crippen molar-refractivity contribution in [1.82, 2.24) is 15.5 Å². The van der Waals surface area contributed by atoms with Crippen LogP contribution in [0.4, 0.5) is 0 Å². The summed E-state index contributed by atoms with van der Waals surface area (Å²) in [6, 6.07) is 0.746. The Kier molecular flexibility index (Phi) is 4.80. The summed E-state index contributed by atoms with van der Waals surface area (Å²) in [4.78, 5) is 14.2. The fraction of sp³-hybridized carbons (Fsp3) is 0.923. The SMILES string of the molecule is CNC(=O)C1CCN(C2CCCNCC2)CC1. The highest BCUT2D eigenvalue weighted by molar-refractivity contribution is 5.78. The minimum atomic E-state index is 0.229. The van der Waals surface area contributed by atoms with Gasteiger partial charge in [0.15, 0.2) is 0 Å². The molecule has 0 aliphatic carbocycles. The van der Waals surface area contributed by atoms with E-state index in [4.69, 9.17) is 0 Å². The zero-order valence-corrected chi connectivity index (χ0v) is 10.9. The number of amides is 1. The van der Waals surface area contributed by atoms with E-state index in [9.17, 15) is 4.79 Å². The van der Waals surface area contributed by atoms with Crippen LogP contribution in [0.25, 0.3) is 0 Å². The number of piperidine rings is 1. The van der Waals surface area contributed by atoms with E-state index in [1.54, 1.807) is 7.05 Å². The minimum Gasteiger partial charge on any atom is -0.359 e. The second-order valence-corrected chi connectivity index (χ2v) is 5.26. The van der Waals surface area contributed by atoms with Crippen LogP contribution in [0.5, 0.6) is 0 Å². The predicted molar refractivity (Wildman–Crippen MR) is 68.9 cm³/mol. The Balaban J connectivity index is 1.79. The predicted octanol–water partition coefficient (Wildman–Crippen LogP) is 0.587. The molecule has 1 unspecified atom stereocenters. The Morgan fingerprint density at radius 2 is 1.94 bits per heavy atom. The molecule has 1 atom stereocenters. The maximum Gasteiger partial charge on any atom is 0.222 e. The van der Waals surface area contributed by atoms with E-state index in [1.165, 1.54) is 25.8 Å². The largest absolute Gasteiger partial charge is 0.359 e. The molecule has 98 valence electrons. The van der Waals surface area contributed by atoms with Crippen molar-refractivity contribution >= 4 is 5.91 Å². The number of carbonyl (C=O) groups is 1. The lowest BCUT2D eigenvalue weighted by Gasteiger charge is -2.36. The van der Waals surface area contributed by atoms with Gasteiger partial charge in [-0.15, -0.1) is 0 Å². The van der Waals surface area contributed by atoms with E-state index in [0.29, 0.717) is 0 Å². The van der Waals surface area contributed by atoms with Crippen LogP contribution in [0.2, 0.25) is 0 Å². The van der Waals surface area contributed by atoms with Crippen molar-refractivity contribution < 1.29 is 4.79 Å². The Labute approximate surface area is 104 Å². The summed E-state index contributed by atoms with van der Waals surface area (Å²) in [6.45, 7) is 4.52. The lowest BCUT2D eigenvalue weighted by molar-refractivity contribution is -0.126. The van der Waals surface area contributed by atoms with E-state index in [1.807, 2.05) is 0 Å². The molecule has 2 aliphatic rings. The zero-order chi connectivity index (χ0) is 12.1. The monoisotopic (exact) mass is 239 g/mol. The minimum absolute atomic E-state index is 0.229. The smallest absolute Gasteiger partial charge is 0.222 e. The Hall–Kier alpha value is -0.610. The van der Waals surface area contributed by atoms with Crippen LogP contribution in [-0.4, -0.2) is 50.1 Å². The molecule has 1 amide bonds. The van der Waals surface area contributed by atoms with Gasteiger partial charge < -0.3 is 15.5 Å². The van der Waals surface area contributed by atoms with Crippen molar-refractivity contribution in [2.45, 2.75) is 38.1 Å². The van der Waals surface area contributed by atoms with Crippen molar-refractivity contribution in [2.24, 2.45) is 5.92 Å². The maximum absolute atomic E-state index is 11.6. The second kappa shape index (κ2) is 6.36. The van der Waals surface area contributed by atoms with Crippen LogP contribution in [0.1, 0.15) is 32.1 Å². The highest BCUT2D eigenvalue weighted by Gasteiger charge is 2.28. The first-order valence-corrected chi connectivity index (χ1v) is 6.97. The van der Waals surface area contributed by atoms with Crippen LogP contribution >= 0.6 is 0 Å². The third-order valence-electron chi connectivity index (χ3n) is 4.21. The van der Waals surface area contributed by atoms with Gasteiger partial charge in [0.2, 0.25) is 5.91 Å². The normalized spacial score (nSPS) is 28.6. The quantitative estimate of drug-likeness (QED) is 0.741. The summed E-state index contributed by atoms with van der Waals surface area (Å²) in [5.74, 6) is 0.479. The number of rotatable bonds is 2. The number of nitrogens with zero attached hydrogens (tertiary/aromatic N) is 1. The average molecular weight is 239 g/mol. The van der Waals surface area contributed by atoms with Gasteiger partial charge in [0.05, 0.1) is 0 Å². The molecule has 0 spiro atoms. The van der Waals surface area contributed by atoms with Crippen LogP contribution in [0, 0.1) is 5.92 Å². The molecule has 0 bridgehead atoms. The van der Waals surface area contributed by atoms with Gasteiger partial charge in [-0.2, -0.15) is 0 Å².